The number of sulfone groups is 1. The van der Waals surface area contributed by atoms with Gasteiger partial charge in [-0.2, -0.15) is 0 Å². The summed E-state index contributed by atoms with van der Waals surface area (Å²) >= 11 is 0. The van der Waals surface area contributed by atoms with Gasteiger partial charge in [0, 0.05) is 12.3 Å². The van der Waals surface area contributed by atoms with E-state index in [1.165, 1.54) is 0 Å². The quantitative estimate of drug-likeness (QED) is 0.751. The van der Waals surface area contributed by atoms with Crippen LogP contribution in [0.15, 0.2) is 30.3 Å². The van der Waals surface area contributed by atoms with Crippen LogP contribution in [0.25, 0.3) is 0 Å². The highest BCUT2D eigenvalue weighted by Crippen LogP contribution is 2.28. The summed E-state index contributed by atoms with van der Waals surface area (Å²) in [4.78, 5) is 11.7. The van der Waals surface area contributed by atoms with Crippen LogP contribution in [-0.2, 0) is 20.0 Å². The van der Waals surface area contributed by atoms with E-state index < -0.39 is 21.2 Å². The maximum atomic E-state index is 11.8. The predicted octanol–water partition coefficient (Wildman–Crippen LogP) is 1.18. The van der Waals surface area contributed by atoms with Crippen molar-refractivity contribution in [2.45, 2.75) is 25.2 Å². The molecule has 1 atom stereocenters. The van der Waals surface area contributed by atoms with Gasteiger partial charge in [-0.05, 0) is 18.4 Å². The monoisotopic (exact) mass is 299 g/mol. The van der Waals surface area contributed by atoms with Gasteiger partial charge in [-0.15, -0.1) is 0 Å². The van der Waals surface area contributed by atoms with Crippen molar-refractivity contribution >= 4 is 15.8 Å². The lowest BCUT2D eigenvalue weighted by Crippen LogP contribution is -2.44. The summed E-state index contributed by atoms with van der Waals surface area (Å²) < 4.78 is 23.6. The fourth-order valence-corrected chi connectivity index (χ4v) is 3.67. The highest BCUT2D eigenvalue weighted by atomic mass is 32.2. The molecule has 0 fully saturated rings. The molecule has 0 radical (unpaired) electrons. The van der Waals surface area contributed by atoms with E-state index in [0.29, 0.717) is 12.0 Å². The van der Waals surface area contributed by atoms with Crippen molar-refractivity contribution in [3.05, 3.63) is 35.9 Å². The molecule has 0 spiro atoms. The van der Waals surface area contributed by atoms with E-state index in [9.17, 15) is 18.3 Å². The number of carbonyl (C=O) groups is 1. The van der Waals surface area contributed by atoms with Crippen molar-refractivity contribution in [1.29, 1.82) is 0 Å². The van der Waals surface area contributed by atoms with Crippen molar-refractivity contribution < 1.29 is 18.3 Å². The first-order valence-electron chi connectivity index (χ1n) is 6.57. The van der Waals surface area contributed by atoms with Crippen LogP contribution >= 0.6 is 0 Å². The summed E-state index contributed by atoms with van der Waals surface area (Å²) in [5.41, 5.74) is 4.87. The average Bonchev–Trinajstić information content (AvgIpc) is 2.40. The molecule has 0 amide bonds. The molecule has 0 aliphatic heterocycles. The number of carboxylic acid groups (broad SMARTS) is 1. The van der Waals surface area contributed by atoms with Crippen molar-refractivity contribution in [2.75, 3.05) is 18.1 Å². The third kappa shape index (κ3) is 3.80. The van der Waals surface area contributed by atoms with Gasteiger partial charge in [0.15, 0.2) is 0 Å². The third-order valence-corrected chi connectivity index (χ3v) is 5.30. The molecule has 6 heteroatoms. The van der Waals surface area contributed by atoms with Crippen LogP contribution in [0.1, 0.15) is 25.3 Å². The zero-order chi connectivity index (χ0) is 15.2. The maximum absolute atomic E-state index is 11.8. The number of rotatable bonds is 8. The maximum Gasteiger partial charge on any atom is 0.315 e. The van der Waals surface area contributed by atoms with Crippen LogP contribution in [0.5, 0.6) is 0 Å². The largest absolute Gasteiger partial charge is 0.481 e. The molecule has 20 heavy (non-hydrogen) atoms. The summed E-state index contributed by atoms with van der Waals surface area (Å²) in [7, 11) is -3.24. The normalized spacial score (nSPS) is 14.7. The van der Waals surface area contributed by atoms with Gasteiger partial charge in [0.05, 0.1) is 5.75 Å². The van der Waals surface area contributed by atoms with Crippen molar-refractivity contribution in [2.24, 2.45) is 5.73 Å². The van der Waals surface area contributed by atoms with Gasteiger partial charge in [0.2, 0.25) is 0 Å². The van der Waals surface area contributed by atoms with Crippen LogP contribution in [0.2, 0.25) is 0 Å². The minimum Gasteiger partial charge on any atom is -0.481 e. The van der Waals surface area contributed by atoms with Crippen molar-refractivity contribution in [1.82, 2.24) is 0 Å². The second-order valence-corrected chi connectivity index (χ2v) is 7.16. The first kappa shape index (κ1) is 16.7. The summed E-state index contributed by atoms with van der Waals surface area (Å²) in [5, 5.41) is 9.53. The fraction of sp³-hybridized carbons (Fsp3) is 0.500. The van der Waals surface area contributed by atoms with Crippen molar-refractivity contribution in [3.63, 3.8) is 0 Å². The smallest absolute Gasteiger partial charge is 0.315 e. The molecule has 1 unspecified atom stereocenters. The van der Waals surface area contributed by atoms with Gasteiger partial charge in [0.25, 0.3) is 0 Å². The minimum absolute atomic E-state index is 0.00875. The number of nitrogens with two attached hydrogens (primary N) is 1. The SMILES string of the molecule is CCCS(=O)(=O)CCC(CN)(C(=O)O)c1ccccc1. The van der Waals surface area contributed by atoms with Gasteiger partial charge in [0.1, 0.15) is 15.3 Å². The molecule has 0 saturated carbocycles. The first-order valence-corrected chi connectivity index (χ1v) is 8.39. The van der Waals surface area contributed by atoms with E-state index in [0.717, 1.165) is 0 Å². The Morgan fingerprint density at radius 3 is 2.30 bits per heavy atom. The Kier molecular flexibility index (Phi) is 5.71. The summed E-state index contributed by atoms with van der Waals surface area (Å²) in [5.74, 6) is -1.18. The molecule has 1 aromatic carbocycles. The lowest BCUT2D eigenvalue weighted by atomic mass is 9.78. The van der Waals surface area contributed by atoms with Crippen LogP contribution < -0.4 is 5.73 Å². The Morgan fingerprint density at radius 2 is 1.85 bits per heavy atom. The molecule has 0 heterocycles. The molecular weight excluding hydrogens is 278 g/mol. The molecule has 0 saturated heterocycles. The zero-order valence-corrected chi connectivity index (χ0v) is 12.4. The Balaban J connectivity index is 3.06. The fourth-order valence-electron chi connectivity index (χ4n) is 2.18. The molecule has 0 aliphatic rings. The molecule has 1 rings (SSSR count). The summed E-state index contributed by atoms with van der Waals surface area (Å²) in [6.45, 7) is 1.65. The molecular formula is C14H21NO4S. The predicted molar refractivity (Wildman–Crippen MR) is 78.4 cm³/mol. The number of benzene rings is 1. The number of aliphatic carboxylic acids is 1. The molecule has 112 valence electrons. The van der Waals surface area contributed by atoms with E-state index >= 15 is 0 Å². The minimum atomic E-state index is -3.24. The van der Waals surface area contributed by atoms with E-state index in [2.05, 4.69) is 0 Å². The lowest BCUT2D eigenvalue weighted by Gasteiger charge is -2.28. The Bertz CT molecular complexity index is 542. The number of hydrogen-bond donors (Lipinski definition) is 2. The van der Waals surface area contributed by atoms with Gasteiger partial charge < -0.3 is 10.8 Å². The van der Waals surface area contributed by atoms with Gasteiger partial charge in [-0.3, -0.25) is 4.79 Å². The standard InChI is InChI=1S/C14H21NO4S/c1-2-9-20(18,19)10-8-14(11-15,13(16)17)12-6-4-3-5-7-12/h3-7H,2,8-11,15H2,1H3,(H,16,17). The lowest BCUT2D eigenvalue weighted by molar-refractivity contribution is -0.143. The zero-order valence-electron chi connectivity index (χ0n) is 11.6. The molecule has 3 N–H and O–H groups in total. The van der Waals surface area contributed by atoms with Gasteiger partial charge >= 0.3 is 5.97 Å². The number of carboxylic acids is 1. The molecule has 5 nitrogen and oxygen atoms in total. The first-order chi connectivity index (χ1) is 9.38. The highest BCUT2D eigenvalue weighted by Gasteiger charge is 2.39. The van der Waals surface area contributed by atoms with Crippen LogP contribution in [0.4, 0.5) is 0 Å². The van der Waals surface area contributed by atoms with Crippen LogP contribution in [-0.4, -0.2) is 37.5 Å². The van der Waals surface area contributed by atoms with E-state index in [4.69, 9.17) is 5.73 Å². The molecule has 0 aliphatic carbocycles. The van der Waals surface area contributed by atoms with E-state index in [1.54, 1.807) is 37.3 Å². The second-order valence-electron chi connectivity index (χ2n) is 4.86. The Labute approximate surface area is 119 Å². The summed E-state index contributed by atoms with van der Waals surface area (Å²) in [6.07, 6.45) is 0.515. The molecule has 0 aromatic heterocycles. The molecule has 0 bridgehead atoms. The highest BCUT2D eigenvalue weighted by molar-refractivity contribution is 7.91. The van der Waals surface area contributed by atoms with E-state index in [1.807, 2.05) is 0 Å². The Morgan fingerprint density at radius 1 is 1.25 bits per heavy atom. The second kappa shape index (κ2) is 6.85. The Hall–Kier alpha value is -1.40. The number of hydrogen-bond acceptors (Lipinski definition) is 4. The van der Waals surface area contributed by atoms with Crippen molar-refractivity contribution in [3.8, 4) is 0 Å². The van der Waals surface area contributed by atoms with Gasteiger partial charge in [-0.25, -0.2) is 8.42 Å². The van der Waals surface area contributed by atoms with Gasteiger partial charge in [-0.1, -0.05) is 37.3 Å². The van der Waals surface area contributed by atoms with Crippen LogP contribution in [0, 0.1) is 0 Å². The third-order valence-electron chi connectivity index (χ3n) is 3.44. The average molecular weight is 299 g/mol. The topological polar surface area (TPSA) is 97.5 Å². The summed E-state index contributed by atoms with van der Waals surface area (Å²) in [6, 6.07) is 8.58. The van der Waals surface area contributed by atoms with E-state index in [-0.39, 0.29) is 24.5 Å². The molecule has 1 aromatic rings. The van der Waals surface area contributed by atoms with Crippen LogP contribution in [0.3, 0.4) is 0 Å².